The molecule has 1 aliphatic heterocycles. The molecule has 0 aromatic heterocycles. The standard InChI is InChI=1S/C18H26N2O/c1-19-12-14-20(15-13-19)11-4-6-18-9-7-17(8-10-18)5-2-3-16-21/h7-10,21H,3-4,6,11-16H2,1H3. The van der Waals surface area contributed by atoms with Crippen molar-refractivity contribution in [2.75, 3.05) is 46.4 Å². The van der Waals surface area contributed by atoms with E-state index in [-0.39, 0.29) is 6.61 Å². The zero-order chi connectivity index (χ0) is 14.9. The van der Waals surface area contributed by atoms with Crippen molar-refractivity contribution in [1.82, 2.24) is 9.80 Å². The van der Waals surface area contributed by atoms with Gasteiger partial charge in [-0.25, -0.2) is 0 Å². The van der Waals surface area contributed by atoms with Gasteiger partial charge in [0, 0.05) is 38.2 Å². The van der Waals surface area contributed by atoms with E-state index in [1.807, 2.05) is 0 Å². The van der Waals surface area contributed by atoms with E-state index in [1.54, 1.807) is 0 Å². The van der Waals surface area contributed by atoms with E-state index in [1.165, 1.54) is 44.7 Å². The summed E-state index contributed by atoms with van der Waals surface area (Å²) in [6.07, 6.45) is 2.91. The molecule has 2 rings (SSSR count). The number of likely N-dealkylation sites (N-methyl/N-ethyl adjacent to an activating group) is 1. The molecule has 1 heterocycles. The Hall–Kier alpha value is -1.34. The molecule has 0 atom stereocenters. The van der Waals surface area contributed by atoms with Gasteiger partial charge in [0.1, 0.15) is 0 Å². The number of aryl methyl sites for hydroxylation is 1. The van der Waals surface area contributed by atoms with Crippen LogP contribution in [-0.2, 0) is 6.42 Å². The van der Waals surface area contributed by atoms with Crippen molar-refractivity contribution in [3.8, 4) is 11.8 Å². The summed E-state index contributed by atoms with van der Waals surface area (Å²) < 4.78 is 0. The third-order valence-corrected chi connectivity index (χ3v) is 3.96. The van der Waals surface area contributed by atoms with Crippen LogP contribution in [-0.4, -0.2) is 61.3 Å². The second-order valence-corrected chi connectivity index (χ2v) is 5.72. The maximum atomic E-state index is 8.70. The van der Waals surface area contributed by atoms with E-state index in [2.05, 4.69) is 53.0 Å². The third kappa shape index (κ3) is 5.89. The van der Waals surface area contributed by atoms with Gasteiger partial charge in [-0.15, -0.1) is 0 Å². The first-order chi connectivity index (χ1) is 10.3. The molecule has 0 bridgehead atoms. The SMILES string of the molecule is CN1CCN(CCCc2ccc(C#CCCO)cc2)CC1. The highest BCUT2D eigenvalue weighted by Gasteiger charge is 2.12. The van der Waals surface area contributed by atoms with Crippen molar-refractivity contribution in [3.05, 3.63) is 35.4 Å². The Morgan fingerprint density at radius 3 is 2.48 bits per heavy atom. The summed E-state index contributed by atoms with van der Waals surface area (Å²) in [7, 11) is 2.20. The Morgan fingerprint density at radius 2 is 1.81 bits per heavy atom. The summed E-state index contributed by atoms with van der Waals surface area (Å²) in [6, 6.07) is 8.50. The fourth-order valence-electron chi connectivity index (χ4n) is 2.55. The van der Waals surface area contributed by atoms with E-state index < -0.39 is 0 Å². The van der Waals surface area contributed by atoms with Crippen molar-refractivity contribution in [1.29, 1.82) is 0 Å². The van der Waals surface area contributed by atoms with Gasteiger partial charge in [0.15, 0.2) is 0 Å². The van der Waals surface area contributed by atoms with Gasteiger partial charge < -0.3 is 14.9 Å². The Morgan fingerprint density at radius 1 is 1.10 bits per heavy atom. The molecule has 1 aromatic rings. The van der Waals surface area contributed by atoms with E-state index in [0.29, 0.717) is 6.42 Å². The van der Waals surface area contributed by atoms with Crippen LogP contribution in [0.15, 0.2) is 24.3 Å². The lowest BCUT2D eigenvalue weighted by Crippen LogP contribution is -2.44. The van der Waals surface area contributed by atoms with Gasteiger partial charge in [-0.3, -0.25) is 0 Å². The highest BCUT2D eigenvalue weighted by Crippen LogP contribution is 2.08. The zero-order valence-corrected chi connectivity index (χ0v) is 13.0. The first-order valence-electron chi connectivity index (χ1n) is 7.87. The van der Waals surface area contributed by atoms with Crippen LogP contribution < -0.4 is 0 Å². The van der Waals surface area contributed by atoms with Crippen molar-refractivity contribution in [2.45, 2.75) is 19.3 Å². The van der Waals surface area contributed by atoms with Gasteiger partial charge in [0.05, 0.1) is 6.61 Å². The van der Waals surface area contributed by atoms with Gasteiger partial charge in [-0.2, -0.15) is 0 Å². The summed E-state index contributed by atoms with van der Waals surface area (Å²) in [5.41, 5.74) is 2.42. The lowest BCUT2D eigenvalue weighted by Gasteiger charge is -2.32. The molecule has 0 aliphatic carbocycles. The number of aliphatic hydroxyl groups is 1. The minimum atomic E-state index is 0.136. The molecule has 1 aromatic carbocycles. The van der Waals surface area contributed by atoms with Gasteiger partial charge in [0.2, 0.25) is 0 Å². The van der Waals surface area contributed by atoms with Crippen molar-refractivity contribution in [3.63, 3.8) is 0 Å². The molecule has 3 heteroatoms. The maximum absolute atomic E-state index is 8.70. The second-order valence-electron chi connectivity index (χ2n) is 5.72. The monoisotopic (exact) mass is 286 g/mol. The van der Waals surface area contributed by atoms with Crippen LogP contribution in [0.4, 0.5) is 0 Å². The molecule has 0 amide bonds. The molecular formula is C18H26N2O. The molecule has 0 unspecified atom stereocenters. The van der Waals surface area contributed by atoms with Crippen molar-refractivity contribution in [2.24, 2.45) is 0 Å². The van der Waals surface area contributed by atoms with Crippen LogP contribution in [0.3, 0.4) is 0 Å². The normalized spacial score (nSPS) is 16.5. The van der Waals surface area contributed by atoms with E-state index in [9.17, 15) is 0 Å². The summed E-state index contributed by atoms with van der Waals surface area (Å²) in [5, 5.41) is 8.70. The van der Waals surface area contributed by atoms with Crippen molar-refractivity contribution < 1.29 is 5.11 Å². The van der Waals surface area contributed by atoms with E-state index >= 15 is 0 Å². The minimum absolute atomic E-state index is 0.136. The summed E-state index contributed by atoms with van der Waals surface area (Å²) in [5.74, 6) is 6.01. The highest BCUT2D eigenvalue weighted by atomic mass is 16.2. The Kier molecular flexibility index (Phi) is 6.75. The average molecular weight is 286 g/mol. The summed E-state index contributed by atoms with van der Waals surface area (Å²) in [4.78, 5) is 4.96. The van der Waals surface area contributed by atoms with Crippen molar-refractivity contribution >= 4 is 0 Å². The van der Waals surface area contributed by atoms with Crippen LogP contribution in [0.5, 0.6) is 0 Å². The predicted octanol–water partition coefficient (Wildman–Crippen LogP) is 1.60. The fourth-order valence-corrected chi connectivity index (χ4v) is 2.55. The van der Waals surface area contributed by atoms with Crippen LogP contribution in [0.2, 0.25) is 0 Å². The molecular weight excluding hydrogens is 260 g/mol. The summed E-state index contributed by atoms with van der Waals surface area (Å²) in [6.45, 7) is 6.14. The first-order valence-corrected chi connectivity index (χ1v) is 7.87. The number of hydrogen-bond donors (Lipinski definition) is 1. The average Bonchev–Trinajstić information content (AvgIpc) is 2.51. The van der Waals surface area contributed by atoms with Crippen LogP contribution >= 0.6 is 0 Å². The number of benzene rings is 1. The Balaban J connectivity index is 1.70. The lowest BCUT2D eigenvalue weighted by molar-refractivity contribution is 0.153. The molecule has 1 aliphatic rings. The lowest BCUT2D eigenvalue weighted by atomic mass is 10.1. The quantitative estimate of drug-likeness (QED) is 0.833. The molecule has 114 valence electrons. The molecule has 21 heavy (non-hydrogen) atoms. The van der Waals surface area contributed by atoms with E-state index in [0.717, 1.165) is 12.0 Å². The smallest absolute Gasteiger partial charge is 0.0540 e. The number of aliphatic hydroxyl groups excluding tert-OH is 1. The molecule has 0 saturated carbocycles. The van der Waals surface area contributed by atoms with Crippen LogP contribution in [0.25, 0.3) is 0 Å². The van der Waals surface area contributed by atoms with Crippen LogP contribution in [0.1, 0.15) is 24.0 Å². The molecule has 0 spiro atoms. The molecule has 0 radical (unpaired) electrons. The number of rotatable bonds is 5. The third-order valence-electron chi connectivity index (χ3n) is 3.96. The van der Waals surface area contributed by atoms with Crippen LogP contribution in [0, 0.1) is 11.8 Å². The summed E-state index contributed by atoms with van der Waals surface area (Å²) >= 11 is 0. The van der Waals surface area contributed by atoms with Gasteiger partial charge in [0.25, 0.3) is 0 Å². The Labute approximate surface area is 128 Å². The highest BCUT2D eigenvalue weighted by molar-refractivity contribution is 5.36. The number of hydrogen-bond acceptors (Lipinski definition) is 3. The van der Waals surface area contributed by atoms with Gasteiger partial charge in [-0.05, 0) is 44.1 Å². The maximum Gasteiger partial charge on any atom is 0.0540 e. The zero-order valence-electron chi connectivity index (χ0n) is 13.0. The first kappa shape index (κ1) is 16.0. The van der Waals surface area contributed by atoms with Gasteiger partial charge >= 0.3 is 0 Å². The number of nitrogens with zero attached hydrogens (tertiary/aromatic N) is 2. The molecule has 1 fully saturated rings. The topological polar surface area (TPSA) is 26.7 Å². The number of piperazine rings is 1. The molecule has 1 saturated heterocycles. The predicted molar refractivity (Wildman–Crippen MR) is 87.3 cm³/mol. The van der Waals surface area contributed by atoms with Gasteiger partial charge in [-0.1, -0.05) is 24.0 Å². The largest absolute Gasteiger partial charge is 0.395 e. The van der Waals surface area contributed by atoms with E-state index in [4.69, 9.17) is 5.11 Å². The second kappa shape index (κ2) is 8.84. The molecule has 1 N–H and O–H groups in total. The minimum Gasteiger partial charge on any atom is -0.395 e. The molecule has 3 nitrogen and oxygen atoms in total. The fraction of sp³-hybridized carbons (Fsp3) is 0.556. The Bertz CT molecular complexity index is 464.